The van der Waals surface area contributed by atoms with Gasteiger partial charge in [0.15, 0.2) is 0 Å². The lowest BCUT2D eigenvalue weighted by molar-refractivity contribution is -0.137. The van der Waals surface area contributed by atoms with E-state index >= 15 is 0 Å². The molecule has 0 atom stereocenters. The van der Waals surface area contributed by atoms with Gasteiger partial charge in [-0.3, -0.25) is 9.59 Å². The summed E-state index contributed by atoms with van der Waals surface area (Å²) >= 11 is 0. The van der Waals surface area contributed by atoms with E-state index < -0.39 is 5.97 Å². The topological polar surface area (TPSA) is 66.4 Å². The van der Waals surface area contributed by atoms with E-state index in [1.807, 2.05) is 0 Å². The Bertz CT molecular complexity index is 214. The lowest BCUT2D eigenvalue weighted by Crippen LogP contribution is -2.24. The minimum absolute atomic E-state index is 0.104. The second kappa shape index (κ2) is 9.19. The maximum atomic E-state index is 11.3. The van der Waals surface area contributed by atoms with Crippen LogP contribution in [-0.2, 0) is 9.59 Å². The zero-order valence-corrected chi connectivity index (χ0v) is 10.3. The van der Waals surface area contributed by atoms with Crippen LogP contribution >= 0.6 is 0 Å². The molecule has 4 heteroatoms. The van der Waals surface area contributed by atoms with Crippen LogP contribution in [0.1, 0.15) is 52.4 Å². The normalized spacial score (nSPS) is 10.4. The van der Waals surface area contributed by atoms with Crippen LogP contribution in [0.5, 0.6) is 0 Å². The van der Waals surface area contributed by atoms with Crippen LogP contribution in [-0.4, -0.2) is 23.5 Å². The zero-order chi connectivity index (χ0) is 12.4. The molecule has 16 heavy (non-hydrogen) atoms. The highest BCUT2D eigenvalue weighted by Gasteiger charge is 2.02. The van der Waals surface area contributed by atoms with Crippen LogP contribution in [0.2, 0.25) is 0 Å². The van der Waals surface area contributed by atoms with Gasteiger partial charge in [-0.15, -0.1) is 0 Å². The summed E-state index contributed by atoms with van der Waals surface area (Å²) in [6, 6.07) is 0. The lowest BCUT2D eigenvalue weighted by Gasteiger charge is -2.06. The minimum Gasteiger partial charge on any atom is -0.481 e. The summed E-state index contributed by atoms with van der Waals surface area (Å²) in [4.78, 5) is 21.5. The van der Waals surface area contributed by atoms with Crippen molar-refractivity contribution in [2.45, 2.75) is 52.4 Å². The molecule has 0 spiro atoms. The van der Waals surface area contributed by atoms with Gasteiger partial charge in [0.2, 0.25) is 5.91 Å². The molecule has 94 valence electrons. The average Bonchev–Trinajstić information content (AvgIpc) is 2.19. The van der Waals surface area contributed by atoms with Crippen LogP contribution in [0.3, 0.4) is 0 Å². The Kier molecular flexibility index (Phi) is 8.58. The van der Waals surface area contributed by atoms with E-state index in [9.17, 15) is 9.59 Å². The third-order valence-electron chi connectivity index (χ3n) is 2.34. The molecule has 2 N–H and O–H groups in total. The summed E-state index contributed by atoms with van der Waals surface area (Å²) in [5, 5.41) is 11.3. The monoisotopic (exact) mass is 229 g/mol. The molecule has 0 aromatic heterocycles. The van der Waals surface area contributed by atoms with E-state index in [1.165, 1.54) is 0 Å². The van der Waals surface area contributed by atoms with Crippen LogP contribution < -0.4 is 5.32 Å². The predicted octanol–water partition coefficient (Wildman–Crippen LogP) is 2.18. The highest BCUT2D eigenvalue weighted by Crippen LogP contribution is 2.03. The highest BCUT2D eigenvalue weighted by molar-refractivity contribution is 5.75. The fraction of sp³-hybridized carbons (Fsp3) is 0.833. The molecule has 4 nitrogen and oxygen atoms in total. The van der Waals surface area contributed by atoms with Gasteiger partial charge in [-0.2, -0.15) is 0 Å². The number of carboxylic acid groups (broad SMARTS) is 1. The van der Waals surface area contributed by atoms with Gasteiger partial charge in [0, 0.05) is 19.4 Å². The summed E-state index contributed by atoms with van der Waals surface area (Å²) in [6.07, 6.45) is 4.15. The predicted molar refractivity (Wildman–Crippen MR) is 63.2 cm³/mol. The molecule has 0 saturated heterocycles. The standard InChI is InChI=1S/C12H23NO3/c1-10(2)7-8-11(14)13-9-5-3-4-6-12(15)16/h10H,3-9H2,1-2H3,(H,13,14)(H,15,16). The van der Waals surface area contributed by atoms with E-state index in [1.54, 1.807) is 0 Å². The zero-order valence-electron chi connectivity index (χ0n) is 10.3. The van der Waals surface area contributed by atoms with Crippen molar-refractivity contribution in [3.8, 4) is 0 Å². The Hall–Kier alpha value is -1.06. The number of hydrogen-bond donors (Lipinski definition) is 2. The molecule has 0 rings (SSSR count). The molecule has 0 radical (unpaired) electrons. The van der Waals surface area contributed by atoms with Crippen molar-refractivity contribution in [1.29, 1.82) is 0 Å². The smallest absolute Gasteiger partial charge is 0.303 e. The van der Waals surface area contributed by atoms with Gasteiger partial charge in [0.05, 0.1) is 0 Å². The SMILES string of the molecule is CC(C)CCC(=O)NCCCCCC(=O)O. The van der Waals surface area contributed by atoms with E-state index in [0.29, 0.717) is 25.3 Å². The second-order valence-electron chi connectivity index (χ2n) is 4.49. The first-order valence-corrected chi connectivity index (χ1v) is 6.01. The number of aliphatic carboxylic acids is 1. The third-order valence-corrected chi connectivity index (χ3v) is 2.34. The molecule has 0 aromatic rings. The maximum Gasteiger partial charge on any atom is 0.303 e. The quantitative estimate of drug-likeness (QED) is 0.595. The van der Waals surface area contributed by atoms with Crippen molar-refractivity contribution in [3.05, 3.63) is 0 Å². The first-order valence-electron chi connectivity index (χ1n) is 6.01. The van der Waals surface area contributed by atoms with Crippen molar-refractivity contribution in [2.75, 3.05) is 6.54 Å². The molecule has 1 amide bonds. The van der Waals surface area contributed by atoms with Crippen LogP contribution in [0.25, 0.3) is 0 Å². The van der Waals surface area contributed by atoms with Gasteiger partial charge >= 0.3 is 5.97 Å². The first-order chi connectivity index (χ1) is 7.52. The number of carboxylic acids is 1. The lowest BCUT2D eigenvalue weighted by atomic mass is 10.1. The van der Waals surface area contributed by atoms with Crippen LogP contribution in [0, 0.1) is 5.92 Å². The van der Waals surface area contributed by atoms with Crippen molar-refractivity contribution in [2.24, 2.45) is 5.92 Å². The van der Waals surface area contributed by atoms with Crippen molar-refractivity contribution >= 4 is 11.9 Å². The molecule has 0 aromatic carbocycles. The van der Waals surface area contributed by atoms with Gasteiger partial charge < -0.3 is 10.4 Å². The van der Waals surface area contributed by atoms with E-state index in [0.717, 1.165) is 19.3 Å². The van der Waals surface area contributed by atoms with Gasteiger partial charge in [0.25, 0.3) is 0 Å². The molecule has 0 unspecified atom stereocenters. The molecule has 0 saturated carbocycles. The molecule has 0 fully saturated rings. The number of amides is 1. The van der Waals surface area contributed by atoms with Crippen molar-refractivity contribution < 1.29 is 14.7 Å². The Balaban J connectivity index is 3.24. The summed E-state index contributed by atoms with van der Waals surface area (Å²) in [5.41, 5.74) is 0. The third kappa shape index (κ3) is 11.0. The number of unbranched alkanes of at least 4 members (excludes halogenated alkanes) is 2. The Morgan fingerprint density at radius 3 is 2.38 bits per heavy atom. The number of carbonyl (C=O) groups excluding carboxylic acids is 1. The second-order valence-corrected chi connectivity index (χ2v) is 4.49. The average molecular weight is 229 g/mol. The van der Waals surface area contributed by atoms with Gasteiger partial charge in [0.1, 0.15) is 0 Å². The maximum absolute atomic E-state index is 11.3. The Morgan fingerprint density at radius 1 is 1.12 bits per heavy atom. The molecular formula is C12H23NO3. The van der Waals surface area contributed by atoms with E-state index in [4.69, 9.17) is 5.11 Å². The van der Waals surface area contributed by atoms with Crippen LogP contribution in [0.15, 0.2) is 0 Å². The van der Waals surface area contributed by atoms with Gasteiger partial charge in [-0.1, -0.05) is 20.3 Å². The molecule has 0 aliphatic heterocycles. The number of nitrogens with one attached hydrogen (secondary N) is 1. The number of rotatable bonds is 9. The van der Waals surface area contributed by atoms with E-state index in [2.05, 4.69) is 19.2 Å². The number of carbonyl (C=O) groups is 2. The van der Waals surface area contributed by atoms with Crippen LogP contribution in [0.4, 0.5) is 0 Å². The Morgan fingerprint density at radius 2 is 1.81 bits per heavy atom. The largest absolute Gasteiger partial charge is 0.481 e. The highest BCUT2D eigenvalue weighted by atomic mass is 16.4. The minimum atomic E-state index is -0.749. The summed E-state index contributed by atoms with van der Waals surface area (Å²) in [5.74, 6) is -0.0887. The molecule has 0 heterocycles. The molecule has 0 aliphatic rings. The van der Waals surface area contributed by atoms with Crippen molar-refractivity contribution in [3.63, 3.8) is 0 Å². The van der Waals surface area contributed by atoms with Gasteiger partial charge in [-0.25, -0.2) is 0 Å². The Labute approximate surface area is 97.4 Å². The fourth-order valence-electron chi connectivity index (χ4n) is 1.31. The van der Waals surface area contributed by atoms with Gasteiger partial charge in [-0.05, 0) is 25.2 Å². The van der Waals surface area contributed by atoms with Crippen molar-refractivity contribution in [1.82, 2.24) is 5.32 Å². The van der Waals surface area contributed by atoms with E-state index in [-0.39, 0.29) is 12.3 Å². The summed E-state index contributed by atoms with van der Waals surface area (Å²) in [7, 11) is 0. The number of hydrogen-bond acceptors (Lipinski definition) is 2. The fourth-order valence-corrected chi connectivity index (χ4v) is 1.31. The summed E-state index contributed by atoms with van der Waals surface area (Å²) < 4.78 is 0. The first kappa shape index (κ1) is 14.9. The molecule has 0 bridgehead atoms. The molecule has 0 aliphatic carbocycles. The molecular weight excluding hydrogens is 206 g/mol. The summed E-state index contributed by atoms with van der Waals surface area (Å²) in [6.45, 7) is 4.86.